The second kappa shape index (κ2) is 10.1. The Balaban J connectivity index is 1.82. The van der Waals surface area contributed by atoms with E-state index in [-0.39, 0.29) is 11.1 Å². The minimum Gasteiger partial charge on any atom is -0.497 e. The van der Waals surface area contributed by atoms with Gasteiger partial charge < -0.3 is 25.0 Å². The fourth-order valence-electron chi connectivity index (χ4n) is 4.88. The fraction of sp³-hybridized carbons (Fsp3) is 0.500. The molecule has 1 heterocycles. The Bertz CT molecular complexity index is 899. The summed E-state index contributed by atoms with van der Waals surface area (Å²) in [7, 11) is 3.35. The molecule has 1 fully saturated rings. The Labute approximate surface area is 198 Å². The fourth-order valence-corrected chi connectivity index (χ4v) is 5.18. The van der Waals surface area contributed by atoms with Gasteiger partial charge in [0.15, 0.2) is 5.11 Å². The van der Waals surface area contributed by atoms with E-state index in [0.717, 1.165) is 41.6 Å². The summed E-state index contributed by atoms with van der Waals surface area (Å²) in [6.07, 6.45) is 2.03. The van der Waals surface area contributed by atoms with Gasteiger partial charge in [-0.2, -0.15) is 0 Å². The Morgan fingerprint density at radius 1 is 1.00 bits per heavy atom. The summed E-state index contributed by atoms with van der Waals surface area (Å²) in [4.78, 5) is 2.22. The van der Waals surface area contributed by atoms with Crippen LogP contribution in [0.2, 0.25) is 0 Å². The molecule has 0 spiro atoms. The minimum atomic E-state index is 0.0541. The van der Waals surface area contributed by atoms with E-state index in [2.05, 4.69) is 73.6 Å². The lowest BCUT2D eigenvalue weighted by molar-refractivity contribution is 0.153. The van der Waals surface area contributed by atoms with Crippen molar-refractivity contribution >= 4 is 17.3 Å². The number of hydrogen-bond acceptors (Lipinski definition) is 4. The first-order chi connectivity index (χ1) is 15.1. The van der Waals surface area contributed by atoms with E-state index in [4.69, 9.17) is 21.7 Å². The van der Waals surface area contributed by atoms with Gasteiger partial charge in [0.2, 0.25) is 0 Å². The third-order valence-electron chi connectivity index (χ3n) is 5.88. The van der Waals surface area contributed by atoms with Gasteiger partial charge in [-0.1, -0.05) is 30.3 Å². The van der Waals surface area contributed by atoms with Crippen molar-refractivity contribution in [3.63, 3.8) is 0 Å². The highest BCUT2D eigenvalue weighted by Gasteiger charge is 2.38. The third kappa shape index (κ3) is 6.59. The van der Waals surface area contributed by atoms with Crippen LogP contribution in [0.15, 0.2) is 48.5 Å². The van der Waals surface area contributed by atoms with Crippen LogP contribution >= 0.6 is 12.2 Å². The van der Waals surface area contributed by atoms with Crippen molar-refractivity contribution in [3.8, 4) is 11.5 Å². The van der Waals surface area contributed by atoms with Crippen LogP contribution in [0.25, 0.3) is 0 Å². The van der Waals surface area contributed by atoms with Gasteiger partial charge in [0.25, 0.3) is 0 Å². The molecule has 0 radical (unpaired) electrons. The van der Waals surface area contributed by atoms with E-state index in [9.17, 15) is 0 Å². The summed E-state index contributed by atoms with van der Waals surface area (Å²) in [5.74, 6) is 1.58. The zero-order valence-corrected chi connectivity index (χ0v) is 21.0. The van der Waals surface area contributed by atoms with Crippen LogP contribution in [0, 0.1) is 0 Å². The molecule has 5 nitrogen and oxygen atoms in total. The predicted molar refractivity (Wildman–Crippen MR) is 135 cm³/mol. The summed E-state index contributed by atoms with van der Waals surface area (Å²) in [5, 5.41) is 8.20. The van der Waals surface area contributed by atoms with Crippen molar-refractivity contribution in [2.24, 2.45) is 0 Å². The van der Waals surface area contributed by atoms with Gasteiger partial charge in [0.05, 0.1) is 14.2 Å². The van der Waals surface area contributed by atoms with Gasteiger partial charge >= 0.3 is 0 Å². The number of thiocarbonyl (C=S) groups is 1. The average molecular weight is 456 g/mol. The molecule has 2 N–H and O–H groups in total. The van der Waals surface area contributed by atoms with E-state index in [1.807, 2.05) is 18.2 Å². The van der Waals surface area contributed by atoms with Crippen molar-refractivity contribution in [2.45, 2.75) is 70.7 Å². The molecule has 174 valence electrons. The van der Waals surface area contributed by atoms with E-state index in [0.29, 0.717) is 12.6 Å². The lowest BCUT2D eigenvalue weighted by Crippen LogP contribution is -2.62. The highest BCUT2D eigenvalue weighted by molar-refractivity contribution is 7.80. The maximum absolute atomic E-state index is 5.96. The molecule has 0 bridgehead atoms. The largest absolute Gasteiger partial charge is 0.497 e. The molecule has 1 aliphatic heterocycles. The molecule has 1 saturated heterocycles. The molecule has 1 aliphatic rings. The quantitative estimate of drug-likeness (QED) is 0.580. The molecular weight excluding hydrogens is 418 g/mol. The van der Waals surface area contributed by atoms with Crippen LogP contribution in [0.1, 0.15) is 51.7 Å². The number of rotatable bonds is 7. The molecular formula is C26H37N3O2S. The summed E-state index contributed by atoms with van der Waals surface area (Å²) >= 11 is 5.96. The van der Waals surface area contributed by atoms with Crippen LogP contribution in [0.5, 0.6) is 11.5 Å². The number of ether oxygens (including phenoxy) is 2. The van der Waals surface area contributed by atoms with Crippen LogP contribution < -0.4 is 20.1 Å². The van der Waals surface area contributed by atoms with Crippen LogP contribution in [0.4, 0.5) is 0 Å². The van der Waals surface area contributed by atoms with Crippen molar-refractivity contribution in [1.29, 1.82) is 0 Å². The summed E-state index contributed by atoms with van der Waals surface area (Å²) in [5.41, 5.74) is 2.39. The molecule has 6 heteroatoms. The van der Waals surface area contributed by atoms with E-state index in [1.165, 1.54) is 5.56 Å². The molecule has 0 saturated carbocycles. The van der Waals surface area contributed by atoms with Crippen molar-refractivity contribution < 1.29 is 9.47 Å². The monoisotopic (exact) mass is 455 g/mol. The van der Waals surface area contributed by atoms with Gasteiger partial charge in [0.1, 0.15) is 11.5 Å². The maximum Gasteiger partial charge on any atom is 0.169 e. The molecule has 0 atom stereocenters. The third-order valence-corrected chi connectivity index (χ3v) is 6.25. The van der Waals surface area contributed by atoms with E-state index >= 15 is 0 Å². The highest BCUT2D eigenvalue weighted by Crippen LogP contribution is 2.29. The summed E-state index contributed by atoms with van der Waals surface area (Å²) < 4.78 is 11.0. The van der Waals surface area contributed by atoms with Crippen molar-refractivity contribution in [1.82, 2.24) is 15.5 Å². The Kier molecular flexibility index (Phi) is 7.67. The number of piperidine rings is 1. The highest BCUT2D eigenvalue weighted by atomic mass is 32.1. The molecule has 3 rings (SSSR count). The Morgan fingerprint density at radius 3 is 2.25 bits per heavy atom. The van der Waals surface area contributed by atoms with E-state index in [1.54, 1.807) is 14.2 Å². The smallest absolute Gasteiger partial charge is 0.169 e. The maximum atomic E-state index is 5.96. The number of nitrogens with zero attached hydrogens (tertiary/aromatic N) is 1. The summed E-state index contributed by atoms with van der Waals surface area (Å²) in [6, 6.07) is 16.7. The zero-order chi connectivity index (χ0) is 23.4. The van der Waals surface area contributed by atoms with Crippen LogP contribution in [-0.2, 0) is 13.1 Å². The predicted octanol–water partition coefficient (Wildman–Crippen LogP) is 4.89. The standard InChI is InChI=1S/C26H37N3O2S/c1-25(2)15-21(16-26(3,4)28-25)27-24(32)29(17-19-10-8-7-9-11-19)18-20-12-13-22(30-5)14-23(20)31-6/h7-14,21,28H,15-18H2,1-6H3,(H,27,32). The zero-order valence-electron chi connectivity index (χ0n) is 20.2. The number of nitrogens with one attached hydrogen (secondary N) is 2. The topological polar surface area (TPSA) is 45.8 Å². The van der Waals surface area contributed by atoms with E-state index < -0.39 is 0 Å². The van der Waals surface area contributed by atoms with Gasteiger partial charge in [-0.25, -0.2) is 0 Å². The normalized spacial score (nSPS) is 17.4. The van der Waals surface area contributed by atoms with Gasteiger partial charge in [-0.15, -0.1) is 0 Å². The number of methoxy groups -OCH3 is 2. The lowest BCUT2D eigenvalue weighted by atomic mass is 9.80. The molecule has 2 aromatic carbocycles. The SMILES string of the molecule is COc1ccc(CN(Cc2ccccc2)C(=S)NC2CC(C)(C)NC(C)(C)C2)c(OC)c1. The molecule has 0 aromatic heterocycles. The van der Waals surface area contributed by atoms with Crippen LogP contribution in [-0.4, -0.2) is 41.4 Å². The van der Waals surface area contributed by atoms with Crippen LogP contribution in [0.3, 0.4) is 0 Å². The Hall–Kier alpha value is -2.31. The molecule has 0 unspecified atom stereocenters. The van der Waals surface area contributed by atoms with Gasteiger partial charge in [-0.3, -0.25) is 0 Å². The van der Waals surface area contributed by atoms with Gasteiger partial charge in [-0.05, 0) is 70.5 Å². The van der Waals surface area contributed by atoms with Crippen molar-refractivity contribution in [2.75, 3.05) is 14.2 Å². The Morgan fingerprint density at radius 2 is 1.66 bits per heavy atom. The first-order valence-electron chi connectivity index (χ1n) is 11.2. The average Bonchev–Trinajstić information content (AvgIpc) is 2.71. The van der Waals surface area contributed by atoms with Gasteiger partial charge in [0, 0.05) is 41.8 Å². The molecule has 0 aliphatic carbocycles. The number of hydrogen-bond donors (Lipinski definition) is 2. The molecule has 2 aromatic rings. The molecule has 0 amide bonds. The second-order valence-electron chi connectivity index (χ2n) is 9.97. The molecule has 32 heavy (non-hydrogen) atoms. The first-order valence-corrected chi connectivity index (χ1v) is 11.6. The second-order valence-corrected chi connectivity index (χ2v) is 10.4. The van der Waals surface area contributed by atoms with Crippen molar-refractivity contribution in [3.05, 3.63) is 59.7 Å². The summed E-state index contributed by atoms with van der Waals surface area (Å²) in [6.45, 7) is 10.4. The lowest BCUT2D eigenvalue weighted by Gasteiger charge is -2.47. The first kappa shape index (κ1) is 24.3. The number of benzene rings is 2. The minimum absolute atomic E-state index is 0.0541.